The summed E-state index contributed by atoms with van der Waals surface area (Å²) in [5.41, 5.74) is 3.53. The monoisotopic (exact) mass is 354 g/mol. The maximum Gasteiger partial charge on any atom is 0.159 e. The third-order valence-corrected chi connectivity index (χ3v) is 5.05. The number of thioether (sulfide) groups is 1. The first-order chi connectivity index (χ1) is 10.6. The van der Waals surface area contributed by atoms with Crippen LogP contribution in [0.5, 0.6) is 0 Å². The van der Waals surface area contributed by atoms with Crippen molar-refractivity contribution in [3.05, 3.63) is 47.5 Å². The van der Waals surface area contributed by atoms with Crippen LogP contribution in [-0.4, -0.2) is 28.7 Å². The first-order valence-electron chi connectivity index (χ1n) is 8.42. The molecule has 0 heterocycles. The molecule has 0 amide bonds. The highest BCUT2D eigenvalue weighted by atomic mass is 32.2. The van der Waals surface area contributed by atoms with E-state index in [9.17, 15) is 4.79 Å². The van der Waals surface area contributed by atoms with Crippen molar-refractivity contribution in [1.82, 2.24) is 0 Å². The van der Waals surface area contributed by atoms with Crippen LogP contribution >= 0.6 is 11.8 Å². The van der Waals surface area contributed by atoms with Crippen LogP contribution in [0.25, 0.3) is 0 Å². The lowest BCUT2D eigenvalue weighted by atomic mass is 9.73. The quantitative estimate of drug-likeness (QED) is 0.578. The third kappa shape index (κ3) is 6.80. The van der Waals surface area contributed by atoms with Gasteiger partial charge in [-0.15, -0.1) is 0 Å². The predicted molar refractivity (Wildman–Crippen MR) is 107 cm³/mol. The molecule has 4 heteroatoms. The van der Waals surface area contributed by atoms with E-state index in [1.807, 2.05) is 37.7 Å². The minimum atomic E-state index is 0. The fourth-order valence-electron chi connectivity index (χ4n) is 3.14. The molecular formula is C20H34O3S. The molecule has 138 valence electrons. The van der Waals surface area contributed by atoms with Crippen molar-refractivity contribution in [2.24, 2.45) is 5.92 Å². The molecule has 0 radical (unpaired) electrons. The van der Waals surface area contributed by atoms with Crippen molar-refractivity contribution < 1.29 is 15.7 Å². The van der Waals surface area contributed by atoms with Crippen LogP contribution in [0.15, 0.2) is 36.4 Å². The predicted octanol–water partition coefficient (Wildman–Crippen LogP) is 4.46. The van der Waals surface area contributed by atoms with Crippen LogP contribution in [-0.2, 0) is 0 Å². The first-order valence-corrected chi connectivity index (χ1v) is 9.81. The van der Waals surface area contributed by atoms with Crippen LogP contribution in [0.1, 0.15) is 68.3 Å². The zero-order valence-corrected chi connectivity index (χ0v) is 16.3. The number of hydrogen-bond donors (Lipinski definition) is 0. The van der Waals surface area contributed by atoms with Crippen LogP contribution in [0.4, 0.5) is 0 Å². The van der Waals surface area contributed by atoms with Crippen molar-refractivity contribution >= 4 is 17.5 Å². The molecule has 1 aliphatic rings. The van der Waals surface area contributed by atoms with Gasteiger partial charge in [-0.25, -0.2) is 0 Å². The van der Waals surface area contributed by atoms with Gasteiger partial charge in [0.25, 0.3) is 0 Å². The Morgan fingerprint density at radius 1 is 1.17 bits per heavy atom. The second-order valence-corrected chi connectivity index (χ2v) is 6.70. The highest BCUT2D eigenvalue weighted by molar-refractivity contribution is 7.98. The lowest BCUT2D eigenvalue weighted by Gasteiger charge is -2.32. The van der Waals surface area contributed by atoms with Crippen LogP contribution in [0.2, 0.25) is 0 Å². The Labute approximate surface area is 151 Å². The number of allylic oxidation sites excluding steroid dienone is 1. The normalized spacial score (nSPS) is 19.2. The van der Waals surface area contributed by atoms with Gasteiger partial charge >= 0.3 is 0 Å². The summed E-state index contributed by atoms with van der Waals surface area (Å²) in [4.78, 5) is 11.3. The van der Waals surface area contributed by atoms with E-state index in [4.69, 9.17) is 0 Å². The van der Waals surface area contributed by atoms with E-state index in [0.29, 0.717) is 11.8 Å². The summed E-state index contributed by atoms with van der Waals surface area (Å²) in [7, 11) is 0. The van der Waals surface area contributed by atoms with Crippen molar-refractivity contribution in [3.8, 4) is 0 Å². The maximum absolute atomic E-state index is 11.3. The molecule has 2 unspecified atom stereocenters. The van der Waals surface area contributed by atoms with Gasteiger partial charge in [0.2, 0.25) is 0 Å². The van der Waals surface area contributed by atoms with Gasteiger partial charge in [0.05, 0.1) is 0 Å². The van der Waals surface area contributed by atoms with Crippen LogP contribution < -0.4 is 0 Å². The van der Waals surface area contributed by atoms with Gasteiger partial charge in [0, 0.05) is 11.5 Å². The Morgan fingerprint density at radius 3 is 2.25 bits per heavy atom. The average molecular weight is 355 g/mol. The van der Waals surface area contributed by atoms with Gasteiger partial charge in [-0.2, -0.15) is 11.8 Å². The molecule has 0 spiro atoms. The zero-order valence-electron chi connectivity index (χ0n) is 15.5. The van der Waals surface area contributed by atoms with Gasteiger partial charge in [-0.05, 0) is 49.7 Å². The minimum Gasteiger partial charge on any atom is -0.412 e. The topological polar surface area (TPSA) is 80.1 Å². The van der Waals surface area contributed by atoms with E-state index < -0.39 is 0 Å². The number of ketones is 1. The standard InChI is InChI=1S/C18H24OS.C2H6.2H2O/c1-13-15(11-12-20-3)5-4-6-18(13)17-9-7-16(8-10-17)14(2)19;1-2;;/h7-10,15,18H,1,4-6,11-12H2,2-3H3;1-2H3;2*1H2. The minimum absolute atomic E-state index is 0. The summed E-state index contributed by atoms with van der Waals surface area (Å²) in [6.45, 7) is 10.0. The molecule has 1 saturated carbocycles. The molecule has 0 bridgehead atoms. The van der Waals surface area contributed by atoms with Crippen molar-refractivity contribution in [2.45, 2.75) is 52.4 Å². The highest BCUT2D eigenvalue weighted by Gasteiger charge is 2.26. The van der Waals surface area contributed by atoms with Gasteiger partial charge in [-0.1, -0.05) is 56.7 Å². The Hall–Kier alpha value is -1.10. The van der Waals surface area contributed by atoms with Gasteiger partial charge in [-0.3, -0.25) is 4.79 Å². The summed E-state index contributed by atoms with van der Waals surface area (Å²) in [6, 6.07) is 8.14. The molecule has 1 aromatic rings. The molecule has 24 heavy (non-hydrogen) atoms. The van der Waals surface area contributed by atoms with E-state index >= 15 is 0 Å². The summed E-state index contributed by atoms with van der Waals surface area (Å²) in [5, 5.41) is 0. The second kappa shape index (κ2) is 13.2. The number of carbonyl (C=O) groups excluding carboxylic acids is 1. The molecule has 0 aromatic heterocycles. The van der Waals surface area contributed by atoms with Crippen LogP contribution in [0.3, 0.4) is 0 Å². The van der Waals surface area contributed by atoms with Gasteiger partial charge in [0.1, 0.15) is 0 Å². The largest absolute Gasteiger partial charge is 0.412 e. The molecule has 1 aromatic carbocycles. The number of Topliss-reactive ketones (excluding diaryl/α,β-unsaturated/α-hetero) is 1. The van der Waals surface area contributed by atoms with Crippen molar-refractivity contribution in [3.63, 3.8) is 0 Å². The SMILES string of the molecule is C=C1C(CCSC)CCCC1c1ccc(C(C)=O)cc1.CC.O.O. The number of benzene rings is 1. The molecule has 4 N–H and O–H groups in total. The van der Waals surface area contributed by atoms with E-state index in [1.54, 1.807) is 6.92 Å². The molecule has 0 saturated heterocycles. The van der Waals surface area contributed by atoms with E-state index in [2.05, 4.69) is 25.0 Å². The molecule has 1 aliphatic carbocycles. The smallest absolute Gasteiger partial charge is 0.159 e. The van der Waals surface area contributed by atoms with E-state index in [0.717, 1.165) is 5.56 Å². The van der Waals surface area contributed by atoms with Gasteiger partial charge in [0.15, 0.2) is 5.78 Å². The summed E-state index contributed by atoms with van der Waals surface area (Å²) < 4.78 is 0. The summed E-state index contributed by atoms with van der Waals surface area (Å²) in [5.74, 6) is 2.52. The molecule has 2 atom stereocenters. The molecule has 1 fully saturated rings. The van der Waals surface area contributed by atoms with Crippen LogP contribution in [0, 0.1) is 5.92 Å². The zero-order chi connectivity index (χ0) is 16.5. The lowest BCUT2D eigenvalue weighted by Crippen LogP contribution is -2.18. The highest BCUT2D eigenvalue weighted by Crippen LogP contribution is 2.41. The fraction of sp³-hybridized carbons (Fsp3) is 0.550. The van der Waals surface area contributed by atoms with E-state index in [-0.39, 0.29) is 16.7 Å². The molecule has 3 nitrogen and oxygen atoms in total. The van der Waals surface area contributed by atoms with Crippen molar-refractivity contribution in [2.75, 3.05) is 12.0 Å². The first kappa shape index (κ1) is 25.1. The summed E-state index contributed by atoms with van der Waals surface area (Å²) in [6.07, 6.45) is 7.21. The third-order valence-electron chi connectivity index (χ3n) is 4.41. The van der Waals surface area contributed by atoms with E-state index in [1.165, 1.54) is 42.6 Å². The number of carbonyl (C=O) groups is 1. The van der Waals surface area contributed by atoms with Crippen molar-refractivity contribution in [1.29, 1.82) is 0 Å². The molecule has 0 aliphatic heterocycles. The maximum atomic E-state index is 11.3. The Morgan fingerprint density at radius 2 is 1.75 bits per heavy atom. The Bertz CT molecular complexity index is 482. The Balaban J connectivity index is 0. The number of hydrogen-bond acceptors (Lipinski definition) is 2. The molecule has 2 rings (SSSR count). The van der Waals surface area contributed by atoms with Gasteiger partial charge < -0.3 is 11.0 Å². The second-order valence-electron chi connectivity index (χ2n) is 5.71. The Kier molecular flexibility index (Phi) is 13.9. The summed E-state index contributed by atoms with van der Waals surface area (Å²) >= 11 is 1.92. The molecular weight excluding hydrogens is 320 g/mol. The number of rotatable bonds is 5. The fourth-order valence-corrected chi connectivity index (χ4v) is 3.66. The average Bonchev–Trinajstić information content (AvgIpc) is 2.56. The lowest BCUT2D eigenvalue weighted by molar-refractivity contribution is 0.101.